The summed E-state index contributed by atoms with van der Waals surface area (Å²) in [6.07, 6.45) is -0.00678. The first kappa shape index (κ1) is 16.2. The van der Waals surface area contributed by atoms with Crippen molar-refractivity contribution in [3.63, 3.8) is 0 Å². The first-order chi connectivity index (χ1) is 10.1. The highest BCUT2D eigenvalue weighted by Gasteiger charge is 2.08. The molecule has 0 fully saturated rings. The van der Waals surface area contributed by atoms with Gasteiger partial charge in [0.05, 0.1) is 6.10 Å². The summed E-state index contributed by atoms with van der Waals surface area (Å²) in [5, 5.41) is 14.3. The van der Waals surface area contributed by atoms with E-state index in [1.54, 1.807) is 24.3 Å². The van der Waals surface area contributed by atoms with Crippen molar-refractivity contribution in [1.29, 1.82) is 0 Å². The molecule has 2 N–H and O–H groups in total. The van der Waals surface area contributed by atoms with Crippen molar-refractivity contribution >= 4 is 23.2 Å². The molecular formula is C16H16Cl2FNO. The lowest BCUT2D eigenvalue weighted by Crippen LogP contribution is -2.23. The predicted molar refractivity (Wildman–Crippen MR) is 84.4 cm³/mol. The molecule has 0 heterocycles. The SMILES string of the molecule is OC(CNCCc1ccc(Cl)cc1Cl)c1cccc(F)c1. The topological polar surface area (TPSA) is 32.3 Å². The van der Waals surface area contributed by atoms with Crippen LogP contribution in [0.1, 0.15) is 17.2 Å². The minimum Gasteiger partial charge on any atom is -0.387 e. The first-order valence-electron chi connectivity index (χ1n) is 6.64. The molecule has 0 aliphatic carbocycles. The van der Waals surface area contributed by atoms with E-state index < -0.39 is 6.10 Å². The Morgan fingerprint density at radius 1 is 1.14 bits per heavy atom. The lowest BCUT2D eigenvalue weighted by molar-refractivity contribution is 0.174. The summed E-state index contributed by atoms with van der Waals surface area (Å²) in [7, 11) is 0. The quantitative estimate of drug-likeness (QED) is 0.786. The van der Waals surface area contributed by atoms with E-state index in [2.05, 4.69) is 5.32 Å². The third-order valence-electron chi connectivity index (χ3n) is 3.16. The molecule has 2 rings (SSSR count). The molecule has 1 unspecified atom stereocenters. The Hall–Kier alpha value is -1.13. The Morgan fingerprint density at radius 3 is 2.67 bits per heavy atom. The Labute approximate surface area is 133 Å². The van der Waals surface area contributed by atoms with Gasteiger partial charge in [0.25, 0.3) is 0 Å². The molecule has 0 aromatic heterocycles. The molecule has 5 heteroatoms. The zero-order valence-corrected chi connectivity index (χ0v) is 12.8. The van der Waals surface area contributed by atoms with Crippen LogP contribution in [0.15, 0.2) is 42.5 Å². The standard InChI is InChI=1S/C16H16Cl2FNO/c17-13-5-4-11(15(18)9-13)6-7-20-10-16(21)12-2-1-3-14(19)8-12/h1-5,8-9,16,20-21H,6-7,10H2. The molecular weight excluding hydrogens is 312 g/mol. The van der Waals surface area contributed by atoms with Crippen LogP contribution in [0.25, 0.3) is 0 Å². The maximum absolute atomic E-state index is 13.1. The van der Waals surface area contributed by atoms with Gasteiger partial charge in [-0.25, -0.2) is 4.39 Å². The third-order valence-corrected chi connectivity index (χ3v) is 3.74. The Bertz CT molecular complexity index is 607. The summed E-state index contributed by atoms with van der Waals surface area (Å²) in [4.78, 5) is 0. The maximum Gasteiger partial charge on any atom is 0.123 e. The molecule has 0 saturated heterocycles. The highest BCUT2D eigenvalue weighted by Crippen LogP contribution is 2.21. The van der Waals surface area contributed by atoms with Crippen LogP contribution < -0.4 is 5.32 Å². The number of aliphatic hydroxyl groups is 1. The summed E-state index contributed by atoms with van der Waals surface area (Å²) >= 11 is 11.9. The average Bonchev–Trinajstić information content (AvgIpc) is 2.45. The van der Waals surface area contributed by atoms with Crippen molar-refractivity contribution in [2.45, 2.75) is 12.5 Å². The number of nitrogens with one attached hydrogen (secondary N) is 1. The fraction of sp³-hybridized carbons (Fsp3) is 0.250. The van der Waals surface area contributed by atoms with Crippen LogP contribution >= 0.6 is 23.2 Å². The van der Waals surface area contributed by atoms with Crippen molar-refractivity contribution < 1.29 is 9.50 Å². The highest BCUT2D eigenvalue weighted by molar-refractivity contribution is 6.35. The molecule has 21 heavy (non-hydrogen) atoms. The van der Waals surface area contributed by atoms with Crippen LogP contribution in [-0.2, 0) is 6.42 Å². The molecule has 0 radical (unpaired) electrons. The van der Waals surface area contributed by atoms with Gasteiger partial charge in [0.2, 0.25) is 0 Å². The molecule has 0 amide bonds. The van der Waals surface area contributed by atoms with E-state index in [0.717, 1.165) is 12.0 Å². The summed E-state index contributed by atoms with van der Waals surface area (Å²) in [6, 6.07) is 11.4. The van der Waals surface area contributed by atoms with Crippen LogP contribution in [0.2, 0.25) is 10.0 Å². The lowest BCUT2D eigenvalue weighted by atomic mass is 10.1. The Morgan fingerprint density at radius 2 is 1.95 bits per heavy atom. The van der Waals surface area contributed by atoms with Gasteiger partial charge in [0.15, 0.2) is 0 Å². The number of aliphatic hydroxyl groups excluding tert-OH is 1. The van der Waals surface area contributed by atoms with E-state index in [4.69, 9.17) is 23.2 Å². The molecule has 0 aliphatic heterocycles. The molecule has 2 nitrogen and oxygen atoms in total. The zero-order chi connectivity index (χ0) is 15.2. The summed E-state index contributed by atoms with van der Waals surface area (Å²) in [5.41, 5.74) is 1.56. The van der Waals surface area contributed by atoms with Gasteiger partial charge in [-0.05, 0) is 48.4 Å². The molecule has 0 saturated carbocycles. The molecule has 0 aliphatic rings. The number of rotatable bonds is 6. The minimum atomic E-state index is -0.735. The summed E-state index contributed by atoms with van der Waals surface area (Å²) in [5.74, 6) is -0.348. The van der Waals surface area contributed by atoms with Crippen LogP contribution in [-0.4, -0.2) is 18.2 Å². The highest BCUT2D eigenvalue weighted by atomic mass is 35.5. The predicted octanol–water partition coefficient (Wildman–Crippen LogP) is 4.00. The largest absolute Gasteiger partial charge is 0.387 e. The second-order valence-electron chi connectivity index (χ2n) is 4.76. The fourth-order valence-corrected chi connectivity index (χ4v) is 2.52. The van der Waals surface area contributed by atoms with E-state index in [9.17, 15) is 9.50 Å². The van der Waals surface area contributed by atoms with Gasteiger partial charge in [-0.1, -0.05) is 41.4 Å². The van der Waals surface area contributed by atoms with Crippen LogP contribution in [0, 0.1) is 5.82 Å². The Kier molecular flexibility index (Phi) is 6.00. The van der Waals surface area contributed by atoms with Gasteiger partial charge in [-0.15, -0.1) is 0 Å². The van der Waals surface area contributed by atoms with E-state index in [1.165, 1.54) is 12.1 Å². The third kappa shape index (κ3) is 4.97. The van der Waals surface area contributed by atoms with E-state index >= 15 is 0 Å². The number of halogens is 3. The minimum absolute atomic E-state index is 0.348. The van der Waals surface area contributed by atoms with Gasteiger partial charge in [0.1, 0.15) is 5.82 Å². The van der Waals surface area contributed by atoms with Crippen LogP contribution in [0.4, 0.5) is 4.39 Å². The molecule has 2 aromatic rings. The van der Waals surface area contributed by atoms with Crippen LogP contribution in [0.5, 0.6) is 0 Å². The summed E-state index contributed by atoms with van der Waals surface area (Å²) < 4.78 is 13.1. The Balaban J connectivity index is 1.79. The van der Waals surface area contributed by atoms with Gasteiger partial charge in [-0.2, -0.15) is 0 Å². The molecule has 0 bridgehead atoms. The second-order valence-corrected chi connectivity index (χ2v) is 5.60. The van der Waals surface area contributed by atoms with Gasteiger partial charge in [-0.3, -0.25) is 0 Å². The number of hydrogen-bond acceptors (Lipinski definition) is 2. The fourth-order valence-electron chi connectivity index (χ4n) is 2.02. The van der Waals surface area contributed by atoms with Crippen LogP contribution in [0.3, 0.4) is 0 Å². The first-order valence-corrected chi connectivity index (χ1v) is 7.40. The van der Waals surface area contributed by atoms with Crippen molar-refractivity contribution in [3.8, 4) is 0 Å². The molecule has 0 spiro atoms. The number of benzene rings is 2. The molecule has 1 atom stereocenters. The lowest BCUT2D eigenvalue weighted by Gasteiger charge is -2.12. The zero-order valence-electron chi connectivity index (χ0n) is 11.3. The maximum atomic E-state index is 13.1. The number of hydrogen-bond donors (Lipinski definition) is 2. The van der Waals surface area contributed by atoms with E-state index in [1.807, 2.05) is 6.07 Å². The van der Waals surface area contributed by atoms with E-state index in [-0.39, 0.29) is 5.82 Å². The molecule has 112 valence electrons. The van der Waals surface area contributed by atoms with Crippen molar-refractivity contribution in [2.75, 3.05) is 13.1 Å². The van der Waals surface area contributed by atoms with E-state index in [0.29, 0.717) is 28.7 Å². The average molecular weight is 328 g/mol. The van der Waals surface area contributed by atoms with Crippen molar-refractivity contribution in [3.05, 3.63) is 69.5 Å². The summed E-state index contributed by atoms with van der Waals surface area (Å²) in [6.45, 7) is 1.02. The second kappa shape index (κ2) is 7.76. The molecule has 2 aromatic carbocycles. The van der Waals surface area contributed by atoms with Gasteiger partial charge >= 0.3 is 0 Å². The normalized spacial score (nSPS) is 12.4. The van der Waals surface area contributed by atoms with Crippen molar-refractivity contribution in [2.24, 2.45) is 0 Å². The monoisotopic (exact) mass is 327 g/mol. The van der Waals surface area contributed by atoms with Crippen molar-refractivity contribution in [1.82, 2.24) is 5.32 Å². The van der Waals surface area contributed by atoms with Gasteiger partial charge < -0.3 is 10.4 Å². The van der Waals surface area contributed by atoms with Gasteiger partial charge in [0, 0.05) is 16.6 Å². The smallest absolute Gasteiger partial charge is 0.123 e.